The van der Waals surface area contributed by atoms with Gasteiger partial charge in [-0.05, 0) is 35.9 Å². The normalized spacial score (nSPS) is 11.9. The standard InChI is InChI=1S/C17H14N2O4S/c20-17(18-21)10-9-13-5-4-8-16-15(13)11-12-19(16)24(22,23)14-6-2-1-3-7-14/h1-12,21H,(H,18,20)/b10-9+. The van der Waals surface area contributed by atoms with E-state index in [1.165, 1.54) is 33.9 Å². The number of benzene rings is 2. The van der Waals surface area contributed by atoms with Gasteiger partial charge in [-0.25, -0.2) is 17.9 Å². The zero-order valence-corrected chi connectivity index (χ0v) is 13.3. The molecule has 1 aromatic heterocycles. The highest BCUT2D eigenvalue weighted by atomic mass is 32.2. The Morgan fingerprint density at radius 3 is 2.50 bits per heavy atom. The summed E-state index contributed by atoms with van der Waals surface area (Å²) in [6.07, 6.45) is 4.15. The first-order chi connectivity index (χ1) is 11.5. The number of carbonyl (C=O) groups excluding carboxylic acids is 1. The van der Waals surface area contributed by atoms with E-state index in [2.05, 4.69) is 0 Å². The Morgan fingerprint density at radius 2 is 1.79 bits per heavy atom. The number of amides is 1. The smallest absolute Gasteiger partial charge is 0.268 e. The lowest BCUT2D eigenvalue weighted by atomic mass is 10.1. The lowest BCUT2D eigenvalue weighted by molar-refractivity contribution is -0.124. The molecule has 3 aromatic rings. The predicted octanol–water partition coefficient (Wildman–Crippen LogP) is 2.40. The molecule has 0 spiro atoms. The number of hydroxylamine groups is 1. The SMILES string of the molecule is O=C(/C=C/c1cccc2c1ccn2S(=O)(=O)c1ccccc1)NO. The van der Waals surface area contributed by atoms with Crippen molar-refractivity contribution in [2.75, 3.05) is 0 Å². The average Bonchev–Trinajstić information content (AvgIpc) is 3.05. The van der Waals surface area contributed by atoms with Crippen molar-refractivity contribution < 1.29 is 18.4 Å². The zero-order chi connectivity index (χ0) is 17.2. The van der Waals surface area contributed by atoms with E-state index < -0.39 is 15.9 Å². The molecule has 0 radical (unpaired) electrons. The maximum Gasteiger partial charge on any atom is 0.268 e. The van der Waals surface area contributed by atoms with Gasteiger partial charge in [0.1, 0.15) is 0 Å². The summed E-state index contributed by atoms with van der Waals surface area (Å²) in [5.41, 5.74) is 2.68. The maximum atomic E-state index is 12.8. The van der Waals surface area contributed by atoms with Gasteiger partial charge in [-0.1, -0.05) is 30.3 Å². The highest BCUT2D eigenvalue weighted by molar-refractivity contribution is 7.90. The van der Waals surface area contributed by atoms with Crippen LogP contribution in [0.5, 0.6) is 0 Å². The topological polar surface area (TPSA) is 88.4 Å². The minimum atomic E-state index is -3.70. The number of nitrogens with one attached hydrogen (secondary N) is 1. The molecule has 0 saturated heterocycles. The van der Waals surface area contributed by atoms with E-state index in [1.807, 2.05) is 0 Å². The van der Waals surface area contributed by atoms with Gasteiger partial charge in [-0.3, -0.25) is 10.0 Å². The molecule has 1 amide bonds. The first-order valence-electron chi connectivity index (χ1n) is 7.07. The van der Waals surface area contributed by atoms with Crippen molar-refractivity contribution in [3.8, 4) is 0 Å². The summed E-state index contributed by atoms with van der Waals surface area (Å²) in [6.45, 7) is 0. The molecule has 2 aromatic carbocycles. The minimum absolute atomic E-state index is 0.197. The fourth-order valence-corrected chi connectivity index (χ4v) is 3.80. The quantitative estimate of drug-likeness (QED) is 0.433. The van der Waals surface area contributed by atoms with Crippen molar-refractivity contribution in [2.45, 2.75) is 4.90 Å². The Morgan fingerprint density at radius 1 is 1.04 bits per heavy atom. The Hall–Kier alpha value is -2.90. The second-order valence-electron chi connectivity index (χ2n) is 5.02. The monoisotopic (exact) mass is 342 g/mol. The molecule has 0 aliphatic rings. The molecular weight excluding hydrogens is 328 g/mol. The van der Waals surface area contributed by atoms with Crippen LogP contribution in [0.4, 0.5) is 0 Å². The van der Waals surface area contributed by atoms with Crippen molar-refractivity contribution in [2.24, 2.45) is 0 Å². The van der Waals surface area contributed by atoms with Gasteiger partial charge < -0.3 is 0 Å². The van der Waals surface area contributed by atoms with Crippen molar-refractivity contribution >= 4 is 32.9 Å². The van der Waals surface area contributed by atoms with Crippen molar-refractivity contribution in [1.29, 1.82) is 0 Å². The van der Waals surface area contributed by atoms with Gasteiger partial charge in [-0.15, -0.1) is 0 Å². The molecule has 0 aliphatic carbocycles. The molecule has 0 saturated carbocycles. The van der Waals surface area contributed by atoms with E-state index in [9.17, 15) is 13.2 Å². The average molecular weight is 342 g/mol. The van der Waals surface area contributed by atoms with Crippen LogP contribution in [0.2, 0.25) is 0 Å². The summed E-state index contributed by atoms with van der Waals surface area (Å²) in [5.74, 6) is -0.664. The number of rotatable bonds is 4. The molecule has 0 atom stereocenters. The highest BCUT2D eigenvalue weighted by Gasteiger charge is 2.18. The summed E-state index contributed by atoms with van der Waals surface area (Å²) < 4.78 is 26.8. The molecule has 7 heteroatoms. The van der Waals surface area contributed by atoms with Gasteiger partial charge in [0.25, 0.3) is 15.9 Å². The molecule has 0 fully saturated rings. The first-order valence-corrected chi connectivity index (χ1v) is 8.51. The molecule has 24 heavy (non-hydrogen) atoms. The van der Waals surface area contributed by atoms with Gasteiger partial charge in [-0.2, -0.15) is 0 Å². The largest absolute Gasteiger partial charge is 0.288 e. The van der Waals surface area contributed by atoms with Crippen LogP contribution in [0.15, 0.2) is 71.8 Å². The second-order valence-corrected chi connectivity index (χ2v) is 6.83. The van der Waals surface area contributed by atoms with Crippen LogP contribution in [0, 0.1) is 0 Å². The summed E-state index contributed by atoms with van der Waals surface area (Å²) in [4.78, 5) is 11.3. The first kappa shape index (κ1) is 16.0. The zero-order valence-electron chi connectivity index (χ0n) is 12.5. The lowest BCUT2D eigenvalue weighted by Gasteiger charge is -2.08. The second kappa shape index (κ2) is 6.31. The third-order valence-electron chi connectivity index (χ3n) is 3.56. The van der Waals surface area contributed by atoms with E-state index in [-0.39, 0.29) is 4.90 Å². The molecule has 6 nitrogen and oxygen atoms in total. The summed E-state index contributed by atoms with van der Waals surface area (Å²) in [6, 6.07) is 15.0. The Bertz CT molecular complexity index is 1020. The molecule has 0 aliphatic heterocycles. The molecule has 2 N–H and O–H groups in total. The van der Waals surface area contributed by atoms with E-state index in [0.29, 0.717) is 16.5 Å². The number of aromatic nitrogens is 1. The number of carbonyl (C=O) groups is 1. The Balaban J connectivity index is 2.13. The molecule has 0 bridgehead atoms. The van der Waals surface area contributed by atoms with Crippen molar-refractivity contribution in [3.05, 3.63) is 72.4 Å². The van der Waals surface area contributed by atoms with E-state index >= 15 is 0 Å². The van der Waals surface area contributed by atoms with Crippen LogP contribution in [0.25, 0.3) is 17.0 Å². The molecule has 122 valence electrons. The third-order valence-corrected chi connectivity index (χ3v) is 5.26. The van der Waals surface area contributed by atoms with Gasteiger partial charge >= 0.3 is 0 Å². The van der Waals surface area contributed by atoms with Crippen molar-refractivity contribution in [3.63, 3.8) is 0 Å². The van der Waals surface area contributed by atoms with E-state index in [0.717, 1.165) is 6.08 Å². The van der Waals surface area contributed by atoms with Gasteiger partial charge in [0.15, 0.2) is 0 Å². The molecule has 1 heterocycles. The Labute approximate surface area is 138 Å². The maximum absolute atomic E-state index is 12.8. The Kier molecular flexibility index (Phi) is 4.20. The molecular formula is C17H14N2O4S. The van der Waals surface area contributed by atoms with Crippen LogP contribution < -0.4 is 5.48 Å². The number of nitrogens with zero attached hydrogens (tertiary/aromatic N) is 1. The lowest BCUT2D eigenvalue weighted by Crippen LogP contribution is -2.14. The van der Waals surface area contributed by atoms with Crippen molar-refractivity contribution in [1.82, 2.24) is 9.45 Å². The van der Waals surface area contributed by atoms with Crippen LogP contribution >= 0.6 is 0 Å². The van der Waals surface area contributed by atoms with Crippen LogP contribution in [0.3, 0.4) is 0 Å². The van der Waals surface area contributed by atoms with Gasteiger partial charge in [0.05, 0.1) is 10.4 Å². The predicted molar refractivity (Wildman–Crippen MR) is 89.9 cm³/mol. The summed E-state index contributed by atoms with van der Waals surface area (Å²) >= 11 is 0. The molecule has 3 rings (SSSR count). The van der Waals surface area contributed by atoms with Crippen LogP contribution in [-0.2, 0) is 14.8 Å². The van der Waals surface area contributed by atoms with Gasteiger partial charge in [0.2, 0.25) is 0 Å². The minimum Gasteiger partial charge on any atom is -0.288 e. The summed E-state index contributed by atoms with van der Waals surface area (Å²) in [7, 11) is -3.70. The summed E-state index contributed by atoms with van der Waals surface area (Å²) in [5, 5.41) is 9.21. The number of hydrogen-bond donors (Lipinski definition) is 2. The number of hydrogen-bond acceptors (Lipinski definition) is 4. The van der Waals surface area contributed by atoms with Crippen LogP contribution in [0.1, 0.15) is 5.56 Å². The van der Waals surface area contributed by atoms with Gasteiger partial charge in [0, 0.05) is 17.7 Å². The van der Waals surface area contributed by atoms with Crippen LogP contribution in [-0.4, -0.2) is 23.5 Å². The third kappa shape index (κ3) is 2.82. The molecule has 0 unspecified atom stereocenters. The highest BCUT2D eigenvalue weighted by Crippen LogP contribution is 2.25. The van der Waals surface area contributed by atoms with E-state index in [4.69, 9.17) is 5.21 Å². The van der Waals surface area contributed by atoms with E-state index in [1.54, 1.807) is 42.5 Å². The fourth-order valence-electron chi connectivity index (χ4n) is 2.43. The fraction of sp³-hybridized carbons (Fsp3) is 0. The number of fused-ring (bicyclic) bond motifs is 1.